The molecule has 0 spiro atoms. The maximum Gasteiger partial charge on any atom is 0.0530 e. The molecule has 3 nitrogen and oxygen atoms in total. The highest BCUT2D eigenvalue weighted by molar-refractivity contribution is 5.62. The summed E-state index contributed by atoms with van der Waals surface area (Å²) in [5.74, 6) is 0. The van der Waals surface area contributed by atoms with Gasteiger partial charge in [0.25, 0.3) is 0 Å². The summed E-state index contributed by atoms with van der Waals surface area (Å²) in [6, 6.07) is 12.8. The van der Waals surface area contributed by atoms with Crippen LogP contribution in [0, 0.1) is 5.41 Å². The molecule has 3 rings (SSSR count). The van der Waals surface area contributed by atoms with Crippen LogP contribution in [0.5, 0.6) is 0 Å². The third-order valence-corrected chi connectivity index (χ3v) is 4.64. The van der Waals surface area contributed by atoms with Crippen molar-refractivity contribution in [1.82, 2.24) is 10.3 Å². The van der Waals surface area contributed by atoms with Crippen molar-refractivity contribution in [2.75, 3.05) is 20.3 Å². The lowest BCUT2D eigenvalue weighted by atomic mass is 9.69. The van der Waals surface area contributed by atoms with Crippen LogP contribution in [0.15, 0.2) is 48.8 Å². The SMILES string of the molecule is COCC1(CNCc2ccc(-c3cccnc3)cc2)CCC1. The second-order valence-corrected chi connectivity index (χ2v) is 6.33. The van der Waals surface area contributed by atoms with Gasteiger partial charge in [0.15, 0.2) is 0 Å². The van der Waals surface area contributed by atoms with Crippen LogP contribution in [0.2, 0.25) is 0 Å². The normalized spacial score (nSPS) is 16.2. The summed E-state index contributed by atoms with van der Waals surface area (Å²) in [6.45, 7) is 2.84. The number of benzene rings is 1. The van der Waals surface area contributed by atoms with Crippen molar-refractivity contribution in [2.24, 2.45) is 5.41 Å². The number of nitrogens with zero attached hydrogens (tertiary/aromatic N) is 1. The minimum atomic E-state index is 0.379. The van der Waals surface area contributed by atoms with E-state index in [1.165, 1.54) is 30.4 Å². The maximum atomic E-state index is 5.37. The fraction of sp³-hybridized carbons (Fsp3) is 0.421. The molecule has 1 saturated carbocycles. The van der Waals surface area contributed by atoms with E-state index in [1.807, 2.05) is 12.3 Å². The predicted octanol–water partition coefficient (Wildman–Crippen LogP) is 3.65. The van der Waals surface area contributed by atoms with Crippen molar-refractivity contribution >= 4 is 0 Å². The molecule has 0 amide bonds. The topological polar surface area (TPSA) is 34.1 Å². The van der Waals surface area contributed by atoms with Gasteiger partial charge in [-0.25, -0.2) is 0 Å². The van der Waals surface area contributed by atoms with E-state index in [2.05, 4.69) is 40.6 Å². The van der Waals surface area contributed by atoms with E-state index in [0.29, 0.717) is 5.41 Å². The molecular formula is C19H24N2O. The van der Waals surface area contributed by atoms with Gasteiger partial charge in [-0.2, -0.15) is 0 Å². The second-order valence-electron chi connectivity index (χ2n) is 6.33. The van der Waals surface area contributed by atoms with Crippen molar-refractivity contribution in [3.8, 4) is 11.1 Å². The van der Waals surface area contributed by atoms with Crippen molar-refractivity contribution in [3.05, 3.63) is 54.4 Å². The van der Waals surface area contributed by atoms with Crippen molar-refractivity contribution < 1.29 is 4.74 Å². The first-order chi connectivity index (χ1) is 10.8. The first kappa shape index (κ1) is 15.2. The first-order valence-electron chi connectivity index (χ1n) is 8.00. The van der Waals surface area contributed by atoms with Crippen LogP contribution in [0.4, 0.5) is 0 Å². The van der Waals surface area contributed by atoms with Gasteiger partial charge in [0.2, 0.25) is 0 Å². The quantitative estimate of drug-likeness (QED) is 0.847. The third-order valence-electron chi connectivity index (χ3n) is 4.64. The molecule has 1 fully saturated rings. The minimum Gasteiger partial charge on any atom is -0.384 e. The number of pyridine rings is 1. The van der Waals surface area contributed by atoms with E-state index in [0.717, 1.165) is 25.3 Å². The van der Waals surface area contributed by atoms with Gasteiger partial charge in [-0.15, -0.1) is 0 Å². The molecule has 116 valence electrons. The number of aromatic nitrogens is 1. The highest BCUT2D eigenvalue weighted by atomic mass is 16.5. The molecule has 0 aliphatic heterocycles. The van der Waals surface area contributed by atoms with Gasteiger partial charge >= 0.3 is 0 Å². The van der Waals surface area contributed by atoms with E-state index < -0.39 is 0 Å². The summed E-state index contributed by atoms with van der Waals surface area (Å²) in [6.07, 6.45) is 7.61. The lowest BCUT2D eigenvalue weighted by Gasteiger charge is -2.41. The Balaban J connectivity index is 1.53. The monoisotopic (exact) mass is 296 g/mol. The van der Waals surface area contributed by atoms with Crippen LogP contribution in [-0.2, 0) is 11.3 Å². The van der Waals surface area contributed by atoms with Crippen LogP contribution in [0.3, 0.4) is 0 Å². The van der Waals surface area contributed by atoms with Gasteiger partial charge in [0, 0.05) is 38.0 Å². The molecule has 1 N–H and O–H groups in total. The Labute approximate surface area is 132 Å². The Morgan fingerprint density at radius 2 is 1.95 bits per heavy atom. The number of hydrogen-bond donors (Lipinski definition) is 1. The van der Waals surface area contributed by atoms with Crippen LogP contribution in [-0.4, -0.2) is 25.2 Å². The Morgan fingerprint density at radius 3 is 2.55 bits per heavy atom. The van der Waals surface area contributed by atoms with Crippen molar-refractivity contribution in [2.45, 2.75) is 25.8 Å². The van der Waals surface area contributed by atoms with Crippen molar-refractivity contribution in [3.63, 3.8) is 0 Å². The van der Waals surface area contributed by atoms with Gasteiger partial charge in [-0.05, 0) is 35.6 Å². The molecule has 0 bridgehead atoms. The van der Waals surface area contributed by atoms with Crippen LogP contribution >= 0.6 is 0 Å². The third kappa shape index (κ3) is 3.54. The second kappa shape index (κ2) is 7.03. The molecule has 2 aromatic rings. The molecule has 3 heteroatoms. The molecule has 1 aromatic carbocycles. The van der Waals surface area contributed by atoms with E-state index in [9.17, 15) is 0 Å². The van der Waals surface area contributed by atoms with Gasteiger partial charge < -0.3 is 10.1 Å². The van der Waals surface area contributed by atoms with Crippen LogP contribution < -0.4 is 5.32 Å². The van der Waals surface area contributed by atoms with Gasteiger partial charge in [-0.3, -0.25) is 4.98 Å². The molecule has 0 unspecified atom stereocenters. The smallest absolute Gasteiger partial charge is 0.0530 e. The molecule has 0 atom stereocenters. The fourth-order valence-electron chi connectivity index (χ4n) is 3.18. The Hall–Kier alpha value is -1.71. The number of methoxy groups -OCH3 is 1. The summed E-state index contributed by atoms with van der Waals surface area (Å²) >= 11 is 0. The summed E-state index contributed by atoms with van der Waals surface area (Å²) in [7, 11) is 1.80. The zero-order chi connectivity index (χ0) is 15.3. The molecular weight excluding hydrogens is 272 g/mol. The average molecular weight is 296 g/mol. The van der Waals surface area contributed by atoms with Gasteiger partial charge in [0.05, 0.1) is 6.61 Å². The number of rotatable bonds is 7. The minimum absolute atomic E-state index is 0.379. The summed E-state index contributed by atoms with van der Waals surface area (Å²) in [5.41, 5.74) is 4.08. The molecule has 0 radical (unpaired) electrons. The lowest BCUT2D eigenvalue weighted by Crippen LogP contribution is -2.43. The van der Waals surface area contributed by atoms with Gasteiger partial charge in [0.1, 0.15) is 0 Å². The van der Waals surface area contributed by atoms with Crippen LogP contribution in [0.25, 0.3) is 11.1 Å². The number of nitrogens with one attached hydrogen (secondary N) is 1. The lowest BCUT2D eigenvalue weighted by molar-refractivity contribution is 0.0177. The van der Waals surface area contributed by atoms with E-state index >= 15 is 0 Å². The first-order valence-corrected chi connectivity index (χ1v) is 8.00. The standard InChI is InChI=1S/C19H24N2O/c1-22-15-19(9-3-10-19)14-21-12-16-5-7-17(8-6-16)18-4-2-11-20-13-18/h2,4-8,11,13,21H,3,9-10,12,14-15H2,1H3. The summed E-state index contributed by atoms with van der Waals surface area (Å²) < 4.78 is 5.37. The van der Waals surface area contributed by atoms with Crippen LogP contribution in [0.1, 0.15) is 24.8 Å². The zero-order valence-corrected chi connectivity index (χ0v) is 13.2. The highest BCUT2D eigenvalue weighted by Gasteiger charge is 2.36. The Bertz CT molecular complexity index is 576. The number of ether oxygens (including phenoxy) is 1. The molecule has 0 saturated heterocycles. The summed E-state index contributed by atoms with van der Waals surface area (Å²) in [5, 5.41) is 3.60. The molecule has 1 aromatic heterocycles. The molecule has 22 heavy (non-hydrogen) atoms. The molecule has 1 aliphatic rings. The average Bonchev–Trinajstić information content (AvgIpc) is 2.54. The van der Waals surface area contributed by atoms with Gasteiger partial charge in [-0.1, -0.05) is 36.8 Å². The van der Waals surface area contributed by atoms with Crippen molar-refractivity contribution in [1.29, 1.82) is 0 Å². The zero-order valence-electron chi connectivity index (χ0n) is 13.2. The highest BCUT2D eigenvalue weighted by Crippen LogP contribution is 2.40. The fourth-order valence-corrected chi connectivity index (χ4v) is 3.18. The predicted molar refractivity (Wildman–Crippen MR) is 89.5 cm³/mol. The van der Waals surface area contributed by atoms with E-state index in [1.54, 1.807) is 13.3 Å². The van der Waals surface area contributed by atoms with E-state index in [-0.39, 0.29) is 0 Å². The molecule has 1 heterocycles. The van der Waals surface area contributed by atoms with E-state index in [4.69, 9.17) is 4.74 Å². The maximum absolute atomic E-state index is 5.37. The Morgan fingerprint density at radius 1 is 1.14 bits per heavy atom. The Kier molecular flexibility index (Phi) is 4.86. The summed E-state index contributed by atoms with van der Waals surface area (Å²) in [4.78, 5) is 4.17. The largest absolute Gasteiger partial charge is 0.384 e. The number of hydrogen-bond acceptors (Lipinski definition) is 3. The molecule has 1 aliphatic carbocycles.